The number of halogens is 1. The molecule has 0 bridgehead atoms. The van der Waals surface area contributed by atoms with Gasteiger partial charge in [0.2, 0.25) is 5.91 Å². The Morgan fingerprint density at radius 3 is 2.89 bits per heavy atom. The van der Waals surface area contributed by atoms with Crippen molar-refractivity contribution in [3.05, 3.63) is 21.6 Å². The van der Waals surface area contributed by atoms with E-state index in [1.807, 2.05) is 6.92 Å². The largest absolute Gasteiger partial charge is 0.379 e. The van der Waals surface area contributed by atoms with E-state index in [9.17, 15) is 9.59 Å². The second-order valence-electron chi connectivity index (χ2n) is 4.12. The Bertz CT molecular complexity index is 486. The molecular weight excluding hydrogens is 256 g/mol. The van der Waals surface area contributed by atoms with Crippen molar-refractivity contribution >= 4 is 23.2 Å². The predicted octanol–water partition coefficient (Wildman–Crippen LogP) is 0.982. The standard InChI is InChI=1S/C11H17ClN4O2/c1-3-4-16-11(18)10(12)8(6-14-16)15-7(2)5-9(13)17/h6-7,15H,3-5H2,1-2H3,(H2,13,17). The number of anilines is 1. The average Bonchev–Trinajstić information content (AvgIpc) is 2.28. The number of nitrogens with zero attached hydrogens (tertiary/aromatic N) is 2. The molecule has 0 aliphatic carbocycles. The van der Waals surface area contributed by atoms with Gasteiger partial charge in [0, 0.05) is 19.0 Å². The quantitative estimate of drug-likeness (QED) is 0.808. The Labute approximate surface area is 110 Å². The number of nitrogens with one attached hydrogen (secondary N) is 1. The lowest BCUT2D eigenvalue weighted by molar-refractivity contribution is -0.118. The summed E-state index contributed by atoms with van der Waals surface area (Å²) in [5, 5.41) is 7.02. The molecule has 0 aliphatic rings. The Morgan fingerprint density at radius 2 is 2.33 bits per heavy atom. The number of aryl methyl sites for hydroxylation is 1. The summed E-state index contributed by atoms with van der Waals surface area (Å²) in [6.07, 6.45) is 2.44. The fraction of sp³-hybridized carbons (Fsp3) is 0.545. The Balaban J connectivity index is 2.88. The lowest BCUT2D eigenvalue weighted by Gasteiger charge is -2.14. The molecule has 1 unspecified atom stereocenters. The van der Waals surface area contributed by atoms with Gasteiger partial charge < -0.3 is 11.1 Å². The third-order valence-corrected chi connectivity index (χ3v) is 2.69. The van der Waals surface area contributed by atoms with E-state index >= 15 is 0 Å². The Hall–Kier alpha value is -1.56. The van der Waals surface area contributed by atoms with E-state index in [1.54, 1.807) is 6.92 Å². The van der Waals surface area contributed by atoms with Crippen LogP contribution in [0.25, 0.3) is 0 Å². The van der Waals surface area contributed by atoms with Gasteiger partial charge in [-0.25, -0.2) is 4.68 Å². The minimum atomic E-state index is -0.418. The Morgan fingerprint density at radius 1 is 1.67 bits per heavy atom. The highest BCUT2D eigenvalue weighted by molar-refractivity contribution is 6.32. The molecular formula is C11H17ClN4O2. The first-order valence-electron chi connectivity index (χ1n) is 5.76. The number of amides is 1. The van der Waals surface area contributed by atoms with Crippen molar-refractivity contribution in [3.8, 4) is 0 Å². The molecule has 1 heterocycles. The molecule has 0 aromatic carbocycles. The fourth-order valence-electron chi connectivity index (χ4n) is 1.56. The van der Waals surface area contributed by atoms with Crippen molar-refractivity contribution < 1.29 is 4.79 Å². The van der Waals surface area contributed by atoms with Gasteiger partial charge in [0.15, 0.2) is 0 Å². The number of nitrogens with two attached hydrogens (primary N) is 1. The van der Waals surface area contributed by atoms with E-state index in [0.717, 1.165) is 6.42 Å². The normalized spacial score (nSPS) is 12.2. The summed E-state index contributed by atoms with van der Waals surface area (Å²) in [7, 11) is 0. The van der Waals surface area contributed by atoms with E-state index in [1.165, 1.54) is 10.9 Å². The SMILES string of the molecule is CCCn1ncc(NC(C)CC(N)=O)c(Cl)c1=O. The molecule has 1 rings (SSSR count). The number of primary amides is 1. The molecule has 1 amide bonds. The number of aromatic nitrogens is 2. The van der Waals surface area contributed by atoms with Crippen LogP contribution in [0, 0.1) is 0 Å². The summed E-state index contributed by atoms with van der Waals surface area (Å²) in [5.74, 6) is -0.418. The first-order valence-corrected chi connectivity index (χ1v) is 6.14. The molecule has 1 aromatic rings. The van der Waals surface area contributed by atoms with Crippen molar-refractivity contribution in [2.45, 2.75) is 39.3 Å². The van der Waals surface area contributed by atoms with Crippen molar-refractivity contribution in [2.24, 2.45) is 5.73 Å². The number of carbonyl (C=O) groups excluding carboxylic acids is 1. The van der Waals surface area contributed by atoms with Crippen LogP contribution in [0.15, 0.2) is 11.0 Å². The van der Waals surface area contributed by atoms with Crippen molar-refractivity contribution in [1.82, 2.24) is 9.78 Å². The van der Waals surface area contributed by atoms with E-state index in [0.29, 0.717) is 12.2 Å². The van der Waals surface area contributed by atoms with E-state index in [-0.39, 0.29) is 23.0 Å². The van der Waals surface area contributed by atoms with Crippen molar-refractivity contribution in [3.63, 3.8) is 0 Å². The molecule has 3 N–H and O–H groups in total. The molecule has 0 fully saturated rings. The van der Waals surface area contributed by atoms with Gasteiger partial charge >= 0.3 is 0 Å². The number of rotatable bonds is 6. The molecule has 0 spiro atoms. The average molecular weight is 273 g/mol. The van der Waals surface area contributed by atoms with E-state index in [4.69, 9.17) is 17.3 Å². The molecule has 0 saturated carbocycles. The van der Waals surface area contributed by atoms with Gasteiger partial charge in [-0.15, -0.1) is 0 Å². The van der Waals surface area contributed by atoms with Gasteiger partial charge in [-0.05, 0) is 13.3 Å². The summed E-state index contributed by atoms with van der Waals surface area (Å²) in [6.45, 7) is 4.25. The van der Waals surface area contributed by atoms with Crippen LogP contribution in [0.3, 0.4) is 0 Å². The molecule has 1 atom stereocenters. The number of carbonyl (C=O) groups is 1. The minimum absolute atomic E-state index is 0.0785. The van der Waals surface area contributed by atoms with Gasteiger partial charge in [0.1, 0.15) is 5.02 Å². The minimum Gasteiger partial charge on any atom is -0.379 e. The van der Waals surface area contributed by atoms with E-state index < -0.39 is 5.91 Å². The monoisotopic (exact) mass is 272 g/mol. The van der Waals surface area contributed by atoms with Crippen LogP contribution in [-0.4, -0.2) is 21.7 Å². The molecule has 6 nitrogen and oxygen atoms in total. The highest BCUT2D eigenvalue weighted by atomic mass is 35.5. The molecule has 0 aliphatic heterocycles. The van der Waals surface area contributed by atoms with Crippen LogP contribution in [0.1, 0.15) is 26.7 Å². The molecule has 18 heavy (non-hydrogen) atoms. The first kappa shape index (κ1) is 14.5. The zero-order valence-electron chi connectivity index (χ0n) is 10.4. The highest BCUT2D eigenvalue weighted by Gasteiger charge is 2.12. The van der Waals surface area contributed by atoms with Crippen LogP contribution >= 0.6 is 11.6 Å². The topological polar surface area (TPSA) is 90.0 Å². The van der Waals surface area contributed by atoms with Gasteiger partial charge in [-0.1, -0.05) is 18.5 Å². The van der Waals surface area contributed by atoms with Gasteiger partial charge in [-0.2, -0.15) is 5.10 Å². The smallest absolute Gasteiger partial charge is 0.287 e. The van der Waals surface area contributed by atoms with Crippen LogP contribution < -0.4 is 16.6 Å². The molecule has 100 valence electrons. The van der Waals surface area contributed by atoms with Crippen LogP contribution in [0.5, 0.6) is 0 Å². The molecule has 1 aromatic heterocycles. The van der Waals surface area contributed by atoms with Gasteiger partial charge in [0.25, 0.3) is 5.56 Å². The third-order valence-electron chi connectivity index (χ3n) is 2.33. The molecule has 0 radical (unpaired) electrons. The second-order valence-corrected chi connectivity index (χ2v) is 4.49. The zero-order chi connectivity index (χ0) is 13.7. The maximum Gasteiger partial charge on any atom is 0.287 e. The molecule has 7 heteroatoms. The van der Waals surface area contributed by atoms with Crippen LogP contribution in [0.4, 0.5) is 5.69 Å². The summed E-state index contributed by atoms with van der Waals surface area (Å²) >= 11 is 5.96. The highest BCUT2D eigenvalue weighted by Crippen LogP contribution is 2.16. The van der Waals surface area contributed by atoms with E-state index in [2.05, 4.69) is 10.4 Å². The predicted molar refractivity (Wildman–Crippen MR) is 70.7 cm³/mol. The summed E-state index contributed by atoms with van der Waals surface area (Å²) in [6, 6.07) is -0.205. The van der Waals surface area contributed by atoms with Crippen molar-refractivity contribution in [1.29, 1.82) is 0 Å². The number of hydrogen-bond donors (Lipinski definition) is 2. The summed E-state index contributed by atoms with van der Waals surface area (Å²) in [4.78, 5) is 22.6. The van der Waals surface area contributed by atoms with Crippen LogP contribution in [-0.2, 0) is 11.3 Å². The lowest BCUT2D eigenvalue weighted by atomic mass is 10.2. The zero-order valence-corrected chi connectivity index (χ0v) is 11.2. The Kier molecular flexibility index (Phi) is 5.15. The first-order chi connectivity index (χ1) is 8.45. The maximum atomic E-state index is 11.8. The third kappa shape index (κ3) is 3.73. The van der Waals surface area contributed by atoms with Gasteiger partial charge in [0.05, 0.1) is 11.9 Å². The summed E-state index contributed by atoms with van der Waals surface area (Å²) < 4.78 is 1.31. The van der Waals surface area contributed by atoms with Gasteiger partial charge in [-0.3, -0.25) is 9.59 Å². The second kappa shape index (κ2) is 6.39. The number of hydrogen-bond acceptors (Lipinski definition) is 4. The maximum absolute atomic E-state index is 11.8. The van der Waals surface area contributed by atoms with Crippen molar-refractivity contribution in [2.75, 3.05) is 5.32 Å². The molecule has 0 saturated heterocycles. The fourth-order valence-corrected chi connectivity index (χ4v) is 1.76. The van der Waals surface area contributed by atoms with Crippen LogP contribution in [0.2, 0.25) is 5.02 Å². The summed E-state index contributed by atoms with van der Waals surface area (Å²) in [5.41, 5.74) is 5.17. The lowest BCUT2D eigenvalue weighted by Crippen LogP contribution is -2.28.